The predicted octanol–water partition coefficient (Wildman–Crippen LogP) is 3.94. The monoisotopic (exact) mass is 337 g/mol. The van der Waals surface area contributed by atoms with Gasteiger partial charge in [0.2, 0.25) is 5.95 Å². The number of hydrogen-bond acceptors (Lipinski definition) is 4. The fourth-order valence-electron chi connectivity index (χ4n) is 2.88. The van der Waals surface area contributed by atoms with Gasteiger partial charge in [-0.15, -0.1) is 0 Å². The van der Waals surface area contributed by atoms with Crippen molar-refractivity contribution in [1.82, 2.24) is 20.2 Å². The number of fused-ring (bicyclic) bond motifs is 1. The summed E-state index contributed by atoms with van der Waals surface area (Å²) in [7, 11) is 0. The zero-order chi connectivity index (χ0) is 16.5. The molecule has 5 nitrogen and oxygen atoms in total. The third kappa shape index (κ3) is 2.57. The minimum absolute atomic E-state index is 0.147. The van der Waals surface area contributed by atoms with Crippen LogP contribution >= 0.6 is 11.6 Å². The second-order valence-corrected chi connectivity index (χ2v) is 6.08. The van der Waals surface area contributed by atoms with Crippen molar-refractivity contribution < 1.29 is 0 Å². The summed E-state index contributed by atoms with van der Waals surface area (Å²) in [6.45, 7) is 2.15. The first-order chi connectivity index (χ1) is 11.8. The molecular formula is C18H16ClN5. The van der Waals surface area contributed by atoms with E-state index in [0.717, 1.165) is 23.2 Å². The summed E-state index contributed by atoms with van der Waals surface area (Å²) in [4.78, 5) is 0. The predicted molar refractivity (Wildman–Crippen MR) is 94.8 cm³/mol. The first-order valence-corrected chi connectivity index (χ1v) is 8.24. The van der Waals surface area contributed by atoms with Gasteiger partial charge in [0.05, 0.1) is 0 Å². The number of halogens is 1. The van der Waals surface area contributed by atoms with E-state index in [4.69, 9.17) is 11.6 Å². The minimum Gasteiger partial charge on any atom is -0.323 e. The molecule has 0 spiro atoms. The van der Waals surface area contributed by atoms with Crippen LogP contribution in [-0.4, -0.2) is 20.2 Å². The first-order valence-electron chi connectivity index (χ1n) is 7.86. The molecule has 0 aliphatic carbocycles. The molecule has 4 rings (SSSR count). The summed E-state index contributed by atoms with van der Waals surface area (Å²) in [6.07, 6.45) is 3.12. The van der Waals surface area contributed by atoms with Crippen LogP contribution in [0.15, 0.2) is 54.6 Å². The van der Waals surface area contributed by atoms with Gasteiger partial charge in [0.1, 0.15) is 6.04 Å². The van der Waals surface area contributed by atoms with Gasteiger partial charge in [-0.25, -0.2) is 0 Å². The Kier molecular flexibility index (Phi) is 3.78. The molecule has 0 radical (unpaired) electrons. The highest BCUT2D eigenvalue weighted by atomic mass is 35.5. The Morgan fingerprint density at radius 3 is 2.67 bits per heavy atom. The summed E-state index contributed by atoms with van der Waals surface area (Å²) < 4.78 is 1.74. The van der Waals surface area contributed by atoms with E-state index < -0.39 is 0 Å². The number of nitrogens with one attached hydrogen (secondary N) is 1. The van der Waals surface area contributed by atoms with Gasteiger partial charge < -0.3 is 5.32 Å². The van der Waals surface area contributed by atoms with Gasteiger partial charge >= 0.3 is 0 Å². The molecule has 1 N–H and O–H groups in total. The second-order valence-electron chi connectivity index (χ2n) is 5.67. The highest BCUT2D eigenvalue weighted by molar-refractivity contribution is 6.31. The molecule has 120 valence electrons. The van der Waals surface area contributed by atoms with E-state index in [-0.39, 0.29) is 6.04 Å². The fraction of sp³-hybridized carbons (Fsp3) is 0.167. The lowest BCUT2D eigenvalue weighted by Gasteiger charge is -2.24. The topological polar surface area (TPSA) is 55.6 Å². The maximum atomic E-state index is 6.39. The normalized spacial score (nSPS) is 16.2. The van der Waals surface area contributed by atoms with Crippen LogP contribution in [0.5, 0.6) is 0 Å². The van der Waals surface area contributed by atoms with Crippen LogP contribution < -0.4 is 5.32 Å². The second kappa shape index (κ2) is 6.09. The highest BCUT2D eigenvalue weighted by Gasteiger charge is 2.25. The summed E-state index contributed by atoms with van der Waals surface area (Å²) in [6, 6.07) is 16.1. The Hall–Kier alpha value is -2.66. The van der Waals surface area contributed by atoms with Gasteiger partial charge in [-0.05, 0) is 45.7 Å². The number of aromatic nitrogens is 4. The number of benzene rings is 2. The van der Waals surface area contributed by atoms with Gasteiger partial charge in [-0.1, -0.05) is 66.1 Å². The lowest BCUT2D eigenvalue weighted by Crippen LogP contribution is -2.20. The first kappa shape index (κ1) is 14.9. The van der Waals surface area contributed by atoms with E-state index in [1.54, 1.807) is 4.68 Å². The smallest absolute Gasteiger partial charge is 0.248 e. The largest absolute Gasteiger partial charge is 0.323 e. The van der Waals surface area contributed by atoms with Gasteiger partial charge in [0, 0.05) is 10.7 Å². The molecule has 1 aliphatic rings. The Bertz CT molecular complexity index is 898. The molecule has 0 bridgehead atoms. The van der Waals surface area contributed by atoms with Gasteiger partial charge in [-0.3, -0.25) is 0 Å². The molecule has 1 unspecified atom stereocenters. The third-order valence-electron chi connectivity index (χ3n) is 4.22. The molecule has 1 aromatic heterocycles. The van der Waals surface area contributed by atoms with E-state index in [1.165, 1.54) is 5.56 Å². The Labute approximate surface area is 145 Å². The van der Waals surface area contributed by atoms with Crippen LogP contribution in [0.25, 0.3) is 5.70 Å². The summed E-state index contributed by atoms with van der Waals surface area (Å²) >= 11 is 6.39. The zero-order valence-corrected chi connectivity index (χ0v) is 13.9. The number of aryl methyl sites for hydroxylation is 1. The fourth-order valence-corrected chi connectivity index (χ4v) is 3.13. The van der Waals surface area contributed by atoms with Crippen LogP contribution in [0.3, 0.4) is 0 Å². The van der Waals surface area contributed by atoms with Crippen molar-refractivity contribution >= 4 is 23.2 Å². The highest BCUT2D eigenvalue weighted by Crippen LogP contribution is 2.34. The Morgan fingerprint density at radius 2 is 1.92 bits per heavy atom. The average molecular weight is 338 g/mol. The molecular weight excluding hydrogens is 322 g/mol. The molecule has 3 aromatic rings. The van der Waals surface area contributed by atoms with Crippen molar-refractivity contribution in [2.24, 2.45) is 0 Å². The summed E-state index contributed by atoms with van der Waals surface area (Å²) in [5.74, 6) is 0.608. The van der Waals surface area contributed by atoms with Crippen molar-refractivity contribution in [3.63, 3.8) is 0 Å². The Morgan fingerprint density at radius 1 is 1.12 bits per heavy atom. The van der Waals surface area contributed by atoms with Gasteiger partial charge in [0.25, 0.3) is 0 Å². The minimum atomic E-state index is -0.147. The lowest BCUT2D eigenvalue weighted by atomic mass is 10.0. The lowest BCUT2D eigenvalue weighted by molar-refractivity contribution is 0.586. The van der Waals surface area contributed by atoms with Crippen LogP contribution in [0.4, 0.5) is 5.95 Å². The van der Waals surface area contributed by atoms with Crippen molar-refractivity contribution in [3.05, 3.63) is 76.3 Å². The van der Waals surface area contributed by atoms with Crippen LogP contribution in [0.1, 0.15) is 29.7 Å². The van der Waals surface area contributed by atoms with E-state index >= 15 is 0 Å². The quantitative estimate of drug-likeness (QED) is 0.786. The molecule has 2 aromatic carbocycles. The van der Waals surface area contributed by atoms with Crippen molar-refractivity contribution in [3.8, 4) is 0 Å². The van der Waals surface area contributed by atoms with E-state index in [0.29, 0.717) is 11.0 Å². The Balaban J connectivity index is 1.80. The molecule has 2 heterocycles. The molecule has 6 heteroatoms. The molecule has 1 aliphatic heterocycles. The van der Waals surface area contributed by atoms with E-state index in [9.17, 15) is 0 Å². The SMILES string of the molecule is CCc1ccc(C2=CC(c3ccccc3Cl)n3nnnc3N2)cc1. The number of hydrogen-bond donors (Lipinski definition) is 1. The van der Waals surface area contributed by atoms with Crippen LogP contribution in [0.2, 0.25) is 5.02 Å². The molecule has 0 amide bonds. The van der Waals surface area contributed by atoms with Gasteiger partial charge in [0.15, 0.2) is 0 Å². The maximum absolute atomic E-state index is 6.39. The number of anilines is 1. The number of nitrogens with zero attached hydrogens (tertiary/aromatic N) is 4. The summed E-state index contributed by atoms with van der Waals surface area (Å²) in [5.41, 5.74) is 4.35. The number of tetrazole rings is 1. The average Bonchev–Trinajstić information content (AvgIpc) is 3.10. The number of rotatable bonds is 3. The standard InChI is InChI=1S/C18H16ClN5/c1-2-12-7-9-13(10-8-12)16-11-17(14-5-3-4-6-15(14)19)24-18(20-16)21-22-23-24/h3-11,17H,2H2,1H3,(H,20,21,23). The zero-order valence-electron chi connectivity index (χ0n) is 13.1. The van der Waals surface area contributed by atoms with Crippen LogP contribution in [-0.2, 0) is 6.42 Å². The van der Waals surface area contributed by atoms with E-state index in [1.807, 2.05) is 24.3 Å². The van der Waals surface area contributed by atoms with Gasteiger partial charge in [-0.2, -0.15) is 4.68 Å². The van der Waals surface area contributed by atoms with Crippen molar-refractivity contribution in [2.45, 2.75) is 19.4 Å². The van der Waals surface area contributed by atoms with E-state index in [2.05, 4.69) is 58.1 Å². The molecule has 0 fully saturated rings. The molecule has 0 saturated heterocycles. The number of allylic oxidation sites excluding steroid dienone is 1. The molecule has 1 atom stereocenters. The third-order valence-corrected chi connectivity index (χ3v) is 4.57. The summed E-state index contributed by atoms with van der Waals surface area (Å²) in [5, 5.41) is 16.0. The van der Waals surface area contributed by atoms with Crippen molar-refractivity contribution in [2.75, 3.05) is 5.32 Å². The molecule has 24 heavy (non-hydrogen) atoms. The van der Waals surface area contributed by atoms with Crippen LogP contribution in [0, 0.1) is 0 Å². The maximum Gasteiger partial charge on any atom is 0.248 e. The molecule has 0 saturated carbocycles. The van der Waals surface area contributed by atoms with Crippen molar-refractivity contribution in [1.29, 1.82) is 0 Å².